The number of fused-ring (bicyclic) bond motifs is 5. The molecule has 0 aromatic heterocycles. The number of nitrogens with one attached hydrogen (secondary N) is 1. The van der Waals surface area contributed by atoms with Crippen LogP contribution in [0, 0.1) is 29.6 Å². The molecule has 5 atom stereocenters. The minimum Gasteiger partial charge on any atom is -0.273 e. The van der Waals surface area contributed by atoms with E-state index in [0.29, 0.717) is 12.3 Å². The fourth-order valence-electron chi connectivity index (χ4n) is 5.16. The van der Waals surface area contributed by atoms with Crippen molar-refractivity contribution in [2.24, 2.45) is 34.7 Å². The number of amides is 1. The van der Waals surface area contributed by atoms with Crippen molar-refractivity contribution in [2.75, 3.05) is 11.5 Å². The van der Waals surface area contributed by atoms with Gasteiger partial charge in [-0.05, 0) is 49.9 Å². The average molecular weight is 310 g/mol. The van der Waals surface area contributed by atoms with Crippen molar-refractivity contribution in [1.29, 1.82) is 0 Å². The van der Waals surface area contributed by atoms with Gasteiger partial charge < -0.3 is 0 Å². The van der Waals surface area contributed by atoms with Crippen molar-refractivity contribution >= 4 is 21.5 Å². The molecule has 0 aromatic carbocycles. The van der Waals surface area contributed by atoms with E-state index in [1.54, 1.807) is 0 Å². The molecule has 0 radical (unpaired) electrons. The lowest BCUT2D eigenvalue weighted by molar-refractivity contribution is -0.124. The molecule has 4 fully saturated rings. The molecule has 1 N–H and O–H groups in total. The Balaban J connectivity index is 1.40. The normalized spacial score (nSPS) is 45.1. The van der Waals surface area contributed by atoms with Gasteiger partial charge in [0.1, 0.15) is 0 Å². The molecule has 3 aliphatic carbocycles. The molecule has 2 bridgehead atoms. The van der Waals surface area contributed by atoms with Crippen LogP contribution in [-0.2, 0) is 14.6 Å². The fourth-order valence-corrected chi connectivity index (χ4v) is 6.91. The van der Waals surface area contributed by atoms with Gasteiger partial charge in [0, 0.05) is 11.6 Å². The van der Waals surface area contributed by atoms with Gasteiger partial charge >= 0.3 is 0 Å². The van der Waals surface area contributed by atoms with E-state index in [1.165, 1.54) is 25.7 Å². The van der Waals surface area contributed by atoms with Crippen LogP contribution in [0.4, 0.5) is 0 Å². The first kappa shape index (κ1) is 13.7. The van der Waals surface area contributed by atoms with E-state index in [-0.39, 0.29) is 17.4 Å². The number of sulfone groups is 1. The lowest BCUT2D eigenvalue weighted by atomic mass is 9.81. The van der Waals surface area contributed by atoms with Crippen LogP contribution in [-0.4, -0.2) is 31.5 Å². The van der Waals surface area contributed by atoms with Crippen molar-refractivity contribution in [1.82, 2.24) is 5.43 Å². The lowest BCUT2D eigenvalue weighted by Gasteiger charge is -2.25. The first-order chi connectivity index (χ1) is 10.0. The van der Waals surface area contributed by atoms with Gasteiger partial charge in [0.05, 0.1) is 17.4 Å². The second-order valence-corrected chi connectivity index (χ2v) is 9.47. The fraction of sp³-hybridized carbons (Fsp3) is 0.867. The van der Waals surface area contributed by atoms with E-state index in [2.05, 4.69) is 10.5 Å². The largest absolute Gasteiger partial charge is 0.273 e. The lowest BCUT2D eigenvalue weighted by Crippen LogP contribution is -2.31. The van der Waals surface area contributed by atoms with Crippen molar-refractivity contribution in [3.8, 4) is 0 Å². The van der Waals surface area contributed by atoms with Crippen molar-refractivity contribution in [3.05, 3.63) is 0 Å². The summed E-state index contributed by atoms with van der Waals surface area (Å²) in [5.41, 5.74) is 3.82. The van der Waals surface area contributed by atoms with Gasteiger partial charge in [-0.1, -0.05) is 6.42 Å². The Hall–Kier alpha value is -0.910. The topological polar surface area (TPSA) is 75.6 Å². The molecule has 1 heterocycles. The number of carbonyl (C=O) groups is 1. The van der Waals surface area contributed by atoms with E-state index in [9.17, 15) is 13.2 Å². The zero-order valence-electron chi connectivity index (χ0n) is 12.1. The average Bonchev–Trinajstić information content (AvgIpc) is 3.15. The van der Waals surface area contributed by atoms with E-state index in [1.807, 2.05) is 0 Å². The zero-order valence-corrected chi connectivity index (χ0v) is 12.9. The van der Waals surface area contributed by atoms with Crippen LogP contribution in [0.1, 0.15) is 38.5 Å². The van der Waals surface area contributed by atoms with Gasteiger partial charge in [0.25, 0.3) is 0 Å². The summed E-state index contributed by atoms with van der Waals surface area (Å²) in [5, 5.41) is 4.38. The number of hydrogen-bond donors (Lipinski definition) is 1. The molecule has 1 aliphatic heterocycles. The highest BCUT2D eigenvalue weighted by molar-refractivity contribution is 7.91. The summed E-state index contributed by atoms with van der Waals surface area (Å²) < 4.78 is 22.8. The molecule has 0 spiro atoms. The standard InChI is InChI=1S/C15H22N2O3S/c18-15(9-4-5-21(19,20)8-9)17-16-14-7-10-6-13(14)12-3-1-2-11(10)12/h9-13H,1-8H2,(H,17,18)/t9-,10-,11-,12-,13+/m1/s1. The third-order valence-electron chi connectivity index (χ3n) is 6.12. The van der Waals surface area contributed by atoms with Crippen LogP contribution in [0.3, 0.4) is 0 Å². The predicted molar refractivity (Wildman–Crippen MR) is 79.4 cm³/mol. The van der Waals surface area contributed by atoms with Gasteiger partial charge in [0.2, 0.25) is 5.91 Å². The SMILES string of the molecule is O=C(NN=C1C[C@H]2C[C@H]1[C@@H]1CCC[C@H]21)[C@@H]1CCS(=O)(=O)C1. The summed E-state index contributed by atoms with van der Waals surface area (Å²) in [4.78, 5) is 12.0. The Bertz CT molecular complexity index is 598. The molecule has 0 unspecified atom stereocenters. The van der Waals surface area contributed by atoms with Crippen LogP contribution < -0.4 is 5.43 Å². The van der Waals surface area contributed by atoms with E-state index >= 15 is 0 Å². The molecule has 4 rings (SSSR count). The smallest absolute Gasteiger partial charge is 0.244 e. The molecule has 4 aliphatic rings. The maximum Gasteiger partial charge on any atom is 0.244 e. The van der Waals surface area contributed by atoms with Gasteiger partial charge in [-0.15, -0.1) is 0 Å². The monoisotopic (exact) mass is 310 g/mol. The second kappa shape index (κ2) is 4.80. The van der Waals surface area contributed by atoms with Gasteiger partial charge in [-0.25, -0.2) is 13.8 Å². The van der Waals surface area contributed by atoms with E-state index < -0.39 is 15.8 Å². The summed E-state index contributed by atoms with van der Waals surface area (Å²) in [5.74, 6) is 2.57. The van der Waals surface area contributed by atoms with Crippen LogP contribution in [0.2, 0.25) is 0 Å². The molecule has 0 aromatic rings. The zero-order chi connectivity index (χ0) is 14.6. The summed E-state index contributed by atoms with van der Waals surface area (Å²) in [6.07, 6.45) is 6.78. The van der Waals surface area contributed by atoms with Crippen LogP contribution in [0.25, 0.3) is 0 Å². The summed E-state index contributed by atoms with van der Waals surface area (Å²) in [6.45, 7) is 0. The van der Waals surface area contributed by atoms with Crippen molar-refractivity contribution in [3.63, 3.8) is 0 Å². The van der Waals surface area contributed by atoms with Crippen LogP contribution >= 0.6 is 0 Å². The summed E-state index contributed by atoms with van der Waals surface area (Å²) in [6, 6.07) is 0. The maximum atomic E-state index is 12.0. The molecule has 1 amide bonds. The van der Waals surface area contributed by atoms with E-state index in [4.69, 9.17) is 0 Å². The molecule has 3 saturated carbocycles. The van der Waals surface area contributed by atoms with Crippen LogP contribution in [0.5, 0.6) is 0 Å². The molecular formula is C15H22N2O3S. The highest BCUT2D eigenvalue weighted by Crippen LogP contribution is 2.57. The quantitative estimate of drug-likeness (QED) is 0.782. The van der Waals surface area contributed by atoms with Gasteiger partial charge in [-0.2, -0.15) is 5.10 Å². The number of hydrogen-bond acceptors (Lipinski definition) is 4. The van der Waals surface area contributed by atoms with Gasteiger partial charge in [-0.3, -0.25) is 4.79 Å². The summed E-state index contributed by atoms with van der Waals surface area (Å²) >= 11 is 0. The minimum atomic E-state index is -3.01. The highest BCUT2D eigenvalue weighted by Gasteiger charge is 2.52. The number of hydrazone groups is 1. The Morgan fingerprint density at radius 3 is 2.76 bits per heavy atom. The number of carbonyl (C=O) groups excluding carboxylic acids is 1. The Morgan fingerprint density at radius 1 is 1.19 bits per heavy atom. The van der Waals surface area contributed by atoms with Crippen molar-refractivity contribution in [2.45, 2.75) is 38.5 Å². The Morgan fingerprint density at radius 2 is 2.00 bits per heavy atom. The van der Waals surface area contributed by atoms with E-state index in [0.717, 1.165) is 29.9 Å². The van der Waals surface area contributed by atoms with Crippen LogP contribution in [0.15, 0.2) is 5.10 Å². The molecule has 1 saturated heterocycles. The molecule has 6 heteroatoms. The molecule has 21 heavy (non-hydrogen) atoms. The maximum absolute atomic E-state index is 12.0. The number of rotatable bonds is 2. The first-order valence-electron chi connectivity index (χ1n) is 8.10. The van der Waals surface area contributed by atoms with Crippen molar-refractivity contribution < 1.29 is 13.2 Å². The number of nitrogens with zero attached hydrogens (tertiary/aromatic N) is 1. The highest BCUT2D eigenvalue weighted by atomic mass is 32.2. The summed E-state index contributed by atoms with van der Waals surface area (Å²) in [7, 11) is -3.01. The predicted octanol–water partition coefficient (Wildman–Crippen LogP) is 1.35. The third-order valence-corrected chi connectivity index (χ3v) is 7.88. The second-order valence-electron chi connectivity index (χ2n) is 7.24. The molecular weight excluding hydrogens is 288 g/mol. The minimum absolute atomic E-state index is 0.0135. The third kappa shape index (κ3) is 2.31. The Kier molecular flexibility index (Phi) is 3.14. The Labute approximate surface area is 125 Å². The van der Waals surface area contributed by atoms with Gasteiger partial charge in [0.15, 0.2) is 9.84 Å². The molecule has 116 valence electrons. The first-order valence-corrected chi connectivity index (χ1v) is 9.92. The molecule has 5 nitrogen and oxygen atoms in total.